The summed E-state index contributed by atoms with van der Waals surface area (Å²) in [5.41, 5.74) is 0. The van der Waals surface area contributed by atoms with Crippen molar-refractivity contribution in [3.05, 3.63) is 12.8 Å². The molecule has 0 heterocycles. The molecule has 0 aliphatic carbocycles. The molecule has 14 heavy (non-hydrogen) atoms. The van der Waals surface area contributed by atoms with Crippen LogP contribution in [0, 0.1) is 0 Å². The lowest BCUT2D eigenvalue weighted by atomic mass is 10.3. The van der Waals surface area contributed by atoms with E-state index >= 15 is 0 Å². The summed E-state index contributed by atoms with van der Waals surface area (Å²) in [5.74, 6) is -0.778. The molecular formula is C10H20O4. The maximum absolute atomic E-state index is 9.03. The lowest BCUT2D eigenvalue weighted by Gasteiger charge is -2.29. The average molecular weight is 204 g/mol. The molecule has 0 saturated carbocycles. The Morgan fingerprint density at radius 3 is 2.43 bits per heavy atom. The SMILES string of the molecule is C=COC(C)OC(C)(C)OCC(C)O. The third-order valence-corrected chi connectivity index (χ3v) is 1.41. The van der Waals surface area contributed by atoms with Crippen LogP contribution in [0.2, 0.25) is 0 Å². The molecule has 4 nitrogen and oxygen atoms in total. The molecule has 0 bridgehead atoms. The van der Waals surface area contributed by atoms with Crippen LogP contribution in [-0.4, -0.2) is 29.9 Å². The van der Waals surface area contributed by atoms with Gasteiger partial charge in [0.1, 0.15) is 0 Å². The highest BCUT2D eigenvalue weighted by Gasteiger charge is 2.23. The number of hydrogen-bond acceptors (Lipinski definition) is 4. The van der Waals surface area contributed by atoms with E-state index in [1.807, 2.05) is 0 Å². The monoisotopic (exact) mass is 204 g/mol. The smallest absolute Gasteiger partial charge is 0.199 e. The van der Waals surface area contributed by atoms with E-state index in [0.717, 1.165) is 0 Å². The Morgan fingerprint density at radius 1 is 1.43 bits per heavy atom. The van der Waals surface area contributed by atoms with Crippen molar-refractivity contribution in [1.82, 2.24) is 0 Å². The van der Waals surface area contributed by atoms with Gasteiger partial charge in [-0.25, -0.2) is 0 Å². The molecule has 0 aliphatic heterocycles. The summed E-state index contributed by atoms with van der Waals surface area (Å²) in [6.07, 6.45) is 0.389. The first kappa shape index (κ1) is 13.4. The first-order chi connectivity index (χ1) is 6.37. The van der Waals surface area contributed by atoms with E-state index in [1.54, 1.807) is 27.7 Å². The normalized spacial score (nSPS) is 16.1. The average Bonchev–Trinajstić information content (AvgIpc) is 2.00. The zero-order valence-corrected chi connectivity index (χ0v) is 9.32. The molecule has 2 unspecified atom stereocenters. The Balaban J connectivity index is 3.86. The van der Waals surface area contributed by atoms with E-state index in [2.05, 4.69) is 6.58 Å². The Hall–Kier alpha value is -0.580. The van der Waals surface area contributed by atoms with Gasteiger partial charge in [0, 0.05) is 0 Å². The van der Waals surface area contributed by atoms with E-state index in [9.17, 15) is 0 Å². The van der Waals surface area contributed by atoms with Gasteiger partial charge < -0.3 is 19.3 Å². The maximum Gasteiger partial charge on any atom is 0.199 e. The molecular weight excluding hydrogens is 184 g/mol. The van der Waals surface area contributed by atoms with E-state index in [1.165, 1.54) is 6.26 Å². The summed E-state index contributed by atoms with van der Waals surface area (Å²) in [6, 6.07) is 0. The van der Waals surface area contributed by atoms with E-state index in [0.29, 0.717) is 0 Å². The van der Waals surface area contributed by atoms with Gasteiger partial charge in [0.05, 0.1) is 19.0 Å². The first-order valence-electron chi connectivity index (χ1n) is 4.63. The number of hydrogen-bond donors (Lipinski definition) is 1. The second kappa shape index (κ2) is 6.01. The summed E-state index contributed by atoms with van der Waals surface area (Å²) in [5, 5.41) is 9.03. The summed E-state index contributed by atoms with van der Waals surface area (Å²) in [7, 11) is 0. The minimum atomic E-state index is -0.778. The molecule has 4 heteroatoms. The molecule has 0 aliphatic rings. The van der Waals surface area contributed by atoms with Crippen LogP contribution < -0.4 is 0 Å². The lowest BCUT2D eigenvalue weighted by Crippen LogP contribution is -2.35. The summed E-state index contributed by atoms with van der Waals surface area (Å²) < 4.78 is 15.7. The minimum absolute atomic E-state index is 0.230. The molecule has 0 aromatic heterocycles. The molecule has 2 atom stereocenters. The number of aliphatic hydroxyl groups is 1. The highest BCUT2D eigenvalue weighted by atomic mass is 16.8. The van der Waals surface area contributed by atoms with Crippen molar-refractivity contribution in [3.8, 4) is 0 Å². The van der Waals surface area contributed by atoms with Crippen LogP contribution in [0.25, 0.3) is 0 Å². The Bertz CT molecular complexity index is 166. The fraction of sp³-hybridized carbons (Fsp3) is 0.800. The standard InChI is InChI=1S/C10H20O4/c1-6-12-9(3)14-10(4,5)13-7-8(2)11/h6,8-9,11H,1,7H2,2-5H3. The molecule has 84 valence electrons. The van der Waals surface area contributed by atoms with Crippen LogP contribution >= 0.6 is 0 Å². The highest BCUT2D eigenvalue weighted by Crippen LogP contribution is 2.15. The van der Waals surface area contributed by atoms with Crippen molar-refractivity contribution in [2.75, 3.05) is 6.61 Å². The quantitative estimate of drug-likeness (QED) is 0.506. The van der Waals surface area contributed by atoms with E-state index in [4.69, 9.17) is 19.3 Å². The number of rotatable bonds is 7. The second-order valence-electron chi connectivity index (χ2n) is 3.55. The van der Waals surface area contributed by atoms with Crippen molar-refractivity contribution < 1.29 is 19.3 Å². The molecule has 0 fully saturated rings. The van der Waals surface area contributed by atoms with Gasteiger partial charge in [-0.3, -0.25) is 0 Å². The van der Waals surface area contributed by atoms with Crippen molar-refractivity contribution in [2.45, 2.75) is 45.9 Å². The van der Waals surface area contributed by atoms with Crippen LogP contribution in [0.3, 0.4) is 0 Å². The second-order valence-corrected chi connectivity index (χ2v) is 3.55. The van der Waals surface area contributed by atoms with Crippen LogP contribution in [0.4, 0.5) is 0 Å². The van der Waals surface area contributed by atoms with Gasteiger partial charge in [-0.15, -0.1) is 0 Å². The molecule has 0 aromatic rings. The third-order valence-electron chi connectivity index (χ3n) is 1.41. The van der Waals surface area contributed by atoms with Crippen LogP contribution in [0.5, 0.6) is 0 Å². The van der Waals surface area contributed by atoms with Gasteiger partial charge in [-0.2, -0.15) is 0 Å². The van der Waals surface area contributed by atoms with Crippen LogP contribution in [-0.2, 0) is 14.2 Å². The van der Waals surface area contributed by atoms with Crippen LogP contribution in [0.1, 0.15) is 27.7 Å². The van der Waals surface area contributed by atoms with Crippen molar-refractivity contribution in [3.63, 3.8) is 0 Å². The molecule has 0 spiro atoms. The first-order valence-corrected chi connectivity index (χ1v) is 4.63. The fourth-order valence-corrected chi connectivity index (χ4v) is 0.918. The zero-order chi connectivity index (χ0) is 11.2. The summed E-state index contributed by atoms with van der Waals surface area (Å²) in [6.45, 7) is 10.6. The number of ether oxygens (including phenoxy) is 3. The number of aliphatic hydroxyl groups excluding tert-OH is 1. The minimum Gasteiger partial charge on any atom is -0.473 e. The molecule has 0 saturated heterocycles. The maximum atomic E-state index is 9.03. The molecule has 0 amide bonds. The highest BCUT2D eigenvalue weighted by molar-refractivity contribution is 4.58. The zero-order valence-electron chi connectivity index (χ0n) is 9.32. The van der Waals surface area contributed by atoms with Crippen molar-refractivity contribution in [1.29, 1.82) is 0 Å². The van der Waals surface area contributed by atoms with Gasteiger partial charge >= 0.3 is 0 Å². The third kappa shape index (κ3) is 6.88. The van der Waals surface area contributed by atoms with E-state index in [-0.39, 0.29) is 6.61 Å². The van der Waals surface area contributed by atoms with Gasteiger partial charge in [-0.05, 0) is 27.7 Å². The molecule has 1 N–H and O–H groups in total. The molecule has 0 aromatic carbocycles. The summed E-state index contributed by atoms with van der Waals surface area (Å²) in [4.78, 5) is 0. The Labute approximate surface area is 85.5 Å². The fourth-order valence-electron chi connectivity index (χ4n) is 0.918. The Morgan fingerprint density at radius 2 is 2.00 bits per heavy atom. The van der Waals surface area contributed by atoms with E-state index < -0.39 is 18.2 Å². The van der Waals surface area contributed by atoms with Gasteiger partial charge in [0.25, 0.3) is 0 Å². The van der Waals surface area contributed by atoms with Gasteiger partial charge in [0.2, 0.25) is 0 Å². The topological polar surface area (TPSA) is 47.9 Å². The lowest BCUT2D eigenvalue weighted by molar-refractivity contribution is -0.282. The van der Waals surface area contributed by atoms with Crippen molar-refractivity contribution >= 4 is 0 Å². The summed E-state index contributed by atoms with van der Waals surface area (Å²) >= 11 is 0. The largest absolute Gasteiger partial charge is 0.473 e. The molecule has 0 rings (SSSR count). The van der Waals surface area contributed by atoms with Gasteiger partial charge in [-0.1, -0.05) is 6.58 Å². The predicted octanol–water partition coefficient (Wildman–Crippen LogP) is 1.64. The van der Waals surface area contributed by atoms with Crippen molar-refractivity contribution in [2.24, 2.45) is 0 Å². The predicted molar refractivity (Wildman–Crippen MR) is 53.5 cm³/mol. The Kier molecular flexibility index (Phi) is 5.76. The van der Waals surface area contributed by atoms with Gasteiger partial charge in [0.15, 0.2) is 12.1 Å². The van der Waals surface area contributed by atoms with Crippen LogP contribution in [0.15, 0.2) is 12.8 Å². The molecule has 0 radical (unpaired) electrons.